The Morgan fingerprint density at radius 1 is 1.14 bits per heavy atom. The lowest BCUT2D eigenvalue weighted by molar-refractivity contribution is -0.139. The van der Waals surface area contributed by atoms with Crippen LogP contribution in [0.15, 0.2) is 18.3 Å². The summed E-state index contributed by atoms with van der Waals surface area (Å²) in [7, 11) is 0. The molecule has 1 atom stereocenters. The van der Waals surface area contributed by atoms with Crippen molar-refractivity contribution >= 4 is 11.7 Å². The third-order valence-electron chi connectivity index (χ3n) is 6.62. The van der Waals surface area contributed by atoms with E-state index in [1.807, 2.05) is 4.90 Å². The maximum absolute atomic E-state index is 13.4. The van der Waals surface area contributed by atoms with Crippen molar-refractivity contribution in [3.8, 4) is 0 Å². The Labute approximate surface area is 162 Å². The van der Waals surface area contributed by atoms with Crippen molar-refractivity contribution in [3.05, 3.63) is 23.9 Å². The number of rotatable bonds is 2. The zero-order chi connectivity index (χ0) is 19.9. The van der Waals surface area contributed by atoms with Crippen LogP contribution in [0.1, 0.15) is 50.5 Å². The summed E-state index contributed by atoms with van der Waals surface area (Å²) in [6.45, 7) is 1.42. The van der Waals surface area contributed by atoms with Crippen molar-refractivity contribution in [3.63, 3.8) is 0 Å². The van der Waals surface area contributed by atoms with Crippen molar-refractivity contribution in [2.24, 2.45) is 5.41 Å². The minimum Gasteiger partial charge on any atom is -0.393 e. The van der Waals surface area contributed by atoms with E-state index >= 15 is 0 Å². The molecule has 1 saturated carbocycles. The van der Waals surface area contributed by atoms with Crippen molar-refractivity contribution in [1.29, 1.82) is 0 Å². The van der Waals surface area contributed by atoms with E-state index in [2.05, 4.69) is 4.98 Å². The number of nitrogens with zero attached hydrogens (tertiary/aromatic N) is 3. The van der Waals surface area contributed by atoms with Crippen LogP contribution in [0, 0.1) is 5.41 Å². The van der Waals surface area contributed by atoms with Crippen molar-refractivity contribution in [1.82, 2.24) is 9.88 Å². The van der Waals surface area contributed by atoms with Gasteiger partial charge in [-0.2, -0.15) is 13.2 Å². The zero-order valence-electron chi connectivity index (χ0n) is 15.8. The number of alkyl halides is 3. The number of anilines is 1. The molecule has 0 radical (unpaired) electrons. The van der Waals surface area contributed by atoms with Crippen molar-refractivity contribution in [2.75, 3.05) is 24.5 Å². The number of aromatic nitrogens is 1. The number of amides is 1. The van der Waals surface area contributed by atoms with Gasteiger partial charge in [0, 0.05) is 31.9 Å². The molecule has 3 aliphatic rings. The molecule has 1 aliphatic carbocycles. The molecule has 0 unspecified atom stereocenters. The van der Waals surface area contributed by atoms with Crippen LogP contribution in [0.3, 0.4) is 0 Å². The van der Waals surface area contributed by atoms with Crippen LogP contribution in [-0.4, -0.2) is 52.7 Å². The van der Waals surface area contributed by atoms with Crippen molar-refractivity contribution in [2.45, 2.75) is 63.3 Å². The van der Waals surface area contributed by atoms with Gasteiger partial charge >= 0.3 is 6.18 Å². The van der Waals surface area contributed by atoms with Crippen LogP contribution in [-0.2, 0) is 11.0 Å². The van der Waals surface area contributed by atoms with Gasteiger partial charge in [0.2, 0.25) is 5.91 Å². The van der Waals surface area contributed by atoms with Crippen LogP contribution >= 0.6 is 0 Å². The average Bonchev–Trinajstić information content (AvgIpc) is 2.98. The van der Waals surface area contributed by atoms with Crippen LogP contribution < -0.4 is 4.90 Å². The van der Waals surface area contributed by atoms with Gasteiger partial charge < -0.3 is 14.9 Å². The minimum atomic E-state index is -4.47. The monoisotopic (exact) mass is 397 g/mol. The van der Waals surface area contributed by atoms with Gasteiger partial charge in [-0.25, -0.2) is 4.98 Å². The van der Waals surface area contributed by atoms with E-state index in [1.54, 1.807) is 4.90 Å². The Balaban J connectivity index is 1.54. The van der Waals surface area contributed by atoms with Gasteiger partial charge in [-0.1, -0.05) is 0 Å². The molecular formula is C20H26F3N3O2. The molecule has 2 saturated heterocycles. The zero-order valence-corrected chi connectivity index (χ0v) is 15.8. The van der Waals surface area contributed by atoms with Crippen molar-refractivity contribution < 1.29 is 23.1 Å². The van der Waals surface area contributed by atoms with E-state index in [-0.39, 0.29) is 30.4 Å². The van der Waals surface area contributed by atoms with E-state index in [4.69, 9.17) is 0 Å². The van der Waals surface area contributed by atoms with Gasteiger partial charge in [0.1, 0.15) is 5.82 Å². The smallest absolute Gasteiger partial charge is 0.393 e. The molecule has 1 aromatic rings. The standard InChI is InChI=1S/C20H26F3N3O2/c21-20(22,23)16-3-1-10-24-17(16)25-11-2-8-19(13-25)9-12-26(18(19)28)14-4-6-15(27)7-5-14/h1,3,10,14-15,27H,2,4-9,11-13H2/t14-,15+,19-/m1/s1. The number of hydrogen-bond donors (Lipinski definition) is 1. The highest BCUT2D eigenvalue weighted by molar-refractivity contribution is 5.86. The number of carbonyl (C=O) groups excluding carboxylic acids is 1. The summed E-state index contributed by atoms with van der Waals surface area (Å²) in [6.07, 6.45) is 1.70. The Morgan fingerprint density at radius 3 is 2.61 bits per heavy atom. The summed E-state index contributed by atoms with van der Waals surface area (Å²) < 4.78 is 40.3. The fraction of sp³-hybridized carbons (Fsp3) is 0.700. The topological polar surface area (TPSA) is 56.7 Å². The first-order chi connectivity index (χ1) is 13.3. The Bertz CT molecular complexity index is 734. The highest BCUT2D eigenvalue weighted by atomic mass is 19.4. The molecule has 154 valence electrons. The van der Waals surface area contributed by atoms with Gasteiger partial charge in [0.05, 0.1) is 17.1 Å². The summed E-state index contributed by atoms with van der Waals surface area (Å²) in [6, 6.07) is 2.50. The van der Waals surface area contributed by atoms with Gasteiger partial charge in [0.25, 0.3) is 0 Å². The average molecular weight is 397 g/mol. The first-order valence-electron chi connectivity index (χ1n) is 10.1. The number of likely N-dealkylation sites (tertiary alicyclic amines) is 1. The summed E-state index contributed by atoms with van der Waals surface area (Å²) >= 11 is 0. The maximum atomic E-state index is 13.4. The molecule has 28 heavy (non-hydrogen) atoms. The normalized spacial score (nSPS) is 31.6. The number of carbonyl (C=O) groups is 1. The highest BCUT2D eigenvalue weighted by Gasteiger charge is 2.51. The summed E-state index contributed by atoms with van der Waals surface area (Å²) in [5.41, 5.74) is -1.36. The lowest BCUT2D eigenvalue weighted by Crippen LogP contribution is -2.50. The molecule has 1 aromatic heterocycles. The third kappa shape index (κ3) is 3.47. The molecule has 5 nitrogen and oxygen atoms in total. The first kappa shape index (κ1) is 19.5. The Kier molecular flexibility index (Phi) is 5.02. The fourth-order valence-electron chi connectivity index (χ4n) is 5.13. The predicted molar refractivity (Wildman–Crippen MR) is 97.7 cm³/mol. The van der Waals surface area contributed by atoms with Crippen LogP contribution in [0.2, 0.25) is 0 Å². The van der Waals surface area contributed by atoms with E-state index in [0.29, 0.717) is 45.2 Å². The number of piperidine rings is 1. The van der Waals surface area contributed by atoms with Crippen LogP contribution in [0.25, 0.3) is 0 Å². The third-order valence-corrected chi connectivity index (χ3v) is 6.62. The maximum Gasteiger partial charge on any atom is 0.419 e. The number of halogens is 3. The van der Waals surface area contributed by atoms with Gasteiger partial charge in [0.15, 0.2) is 0 Å². The highest BCUT2D eigenvalue weighted by Crippen LogP contribution is 2.45. The molecule has 1 N–H and O–H groups in total. The SMILES string of the molecule is O=C1N([C@H]2CC[C@@H](O)CC2)CC[C@@]12CCCN(c1ncccc1C(F)(F)F)C2. The van der Waals surface area contributed by atoms with Crippen LogP contribution in [0.4, 0.5) is 19.0 Å². The largest absolute Gasteiger partial charge is 0.419 e. The fourth-order valence-corrected chi connectivity index (χ4v) is 5.13. The molecule has 8 heteroatoms. The molecular weight excluding hydrogens is 371 g/mol. The number of pyridine rings is 1. The molecule has 0 aromatic carbocycles. The second-order valence-corrected chi connectivity index (χ2v) is 8.39. The minimum absolute atomic E-state index is 0.0684. The molecule has 4 rings (SSSR count). The number of aliphatic hydroxyl groups excluding tert-OH is 1. The molecule has 0 bridgehead atoms. The van der Waals surface area contributed by atoms with Crippen LogP contribution in [0.5, 0.6) is 0 Å². The van der Waals surface area contributed by atoms with E-state index < -0.39 is 17.2 Å². The summed E-state index contributed by atoms with van der Waals surface area (Å²) in [4.78, 5) is 20.9. The predicted octanol–water partition coefficient (Wildman–Crippen LogP) is 3.22. The van der Waals surface area contributed by atoms with Gasteiger partial charge in [-0.3, -0.25) is 4.79 Å². The lowest BCUT2D eigenvalue weighted by atomic mass is 9.78. The number of aliphatic hydroxyl groups is 1. The van der Waals surface area contributed by atoms with E-state index in [0.717, 1.165) is 18.9 Å². The summed E-state index contributed by atoms with van der Waals surface area (Å²) in [5, 5.41) is 9.72. The van der Waals surface area contributed by atoms with E-state index in [9.17, 15) is 23.1 Å². The first-order valence-corrected chi connectivity index (χ1v) is 10.1. The Hall–Kier alpha value is -1.83. The van der Waals surface area contributed by atoms with Gasteiger partial charge in [-0.15, -0.1) is 0 Å². The summed E-state index contributed by atoms with van der Waals surface area (Å²) in [5.74, 6) is 0.00388. The molecule has 3 fully saturated rings. The van der Waals surface area contributed by atoms with Gasteiger partial charge in [-0.05, 0) is 57.1 Å². The molecule has 3 heterocycles. The molecule has 1 spiro atoms. The van der Waals surface area contributed by atoms with E-state index in [1.165, 1.54) is 12.3 Å². The molecule has 2 aliphatic heterocycles. The second-order valence-electron chi connectivity index (χ2n) is 8.39. The number of hydrogen-bond acceptors (Lipinski definition) is 4. The molecule has 1 amide bonds. The lowest BCUT2D eigenvalue weighted by Gasteiger charge is -2.41. The Morgan fingerprint density at radius 2 is 1.89 bits per heavy atom. The second kappa shape index (κ2) is 7.21. The quantitative estimate of drug-likeness (QED) is 0.833.